The minimum absolute atomic E-state index is 0.0667. The van der Waals surface area contributed by atoms with Crippen molar-refractivity contribution in [1.29, 1.82) is 0 Å². The molecular formula is C89H144O17P2. The zero-order valence-electron chi connectivity index (χ0n) is 66.9. The monoisotopic (exact) mass is 1550 g/mol. The quantitative estimate of drug-likeness (QED) is 0.0169. The van der Waals surface area contributed by atoms with Crippen LogP contribution in [0.3, 0.4) is 0 Å². The molecule has 17 nitrogen and oxygen atoms in total. The van der Waals surface area contributed by atoms with Crippen LogP contribution in [0.2, 0.25) is 0 Å². The van der Waals surface area contributed by atoms with Crippen molar-refractivity contribution >= 4 is 39.5 Å². The smallest absolute Gasteiger partial charge is 0.462 e. The van der Waals surface area contributed by atoms with Crippen LogP contribution in [0.4, 0.5) is 0 Å². The van der Waals surface area contributed by atoms with E-state index in [-0.39, 0.29) is 25.7 Å². The third-order valence-electron chi connectivity index (χ3n) is 16.4. The van der Waals surface area contributed by atoms with Gasteiger partial charge in [-0.1, -0.05) is 293 Å². The second-order valence-electron chi connectivity index (χ2n) is 26.6. The summed E-state index contributed by atoms with van der Waals surface area (Å²) in [6, 6.07) is 0. The van der Waals surface area contributed by atoms with E-state index in [0.29, 0.717) is 25.7 Å². The molecule has 0 bridgehead atoms. The largest absolute Gasteiger partial charge is 0.472 e. The van der Waals surface area contributed by atoms with E-state index in [1.807, 2.05) is 12.2 Å². The van der Waals surface area contributed by atoms with E-state index >= 15 is 0 Å². The Morgan fingerprint density at radius 1 is 0.278 bits per heavy atom. The van der Waals surface area contributed by atoms with Crippen molar-refractivity contribution in [1.82, 2.24) is 0 Å². The first-order valence-electron chi connectivity index (χ1n) is 41.0. The summed E-state index contributed by atoms with van der Waals surface area (Å²) in [5.74, 6) is -2.38. The maximum atomic E-state index is 13.1. The van der Waals surface area contributed by atoms with E-state index < -0.39 is 97.5 Å². The van der Waals surface area contributed by atoms with Crippen molar-refractivity contribution in [3.05, 3.63) is 182 Å². The highest BCUT2D eigenvalue weighted by molar-refractivity contribution is 7.47. The molecule has 0 aromatic rings. The van der Waals surface area contributed by atoms with Gasteiger partial charge in [0.1, 0.15) is 19.3 Å². The molecule has 0 saturated heterocycles. The number of carbonyl (C=O) groups is 4. The van der Waals surface area contributed by atoms with Crippen LogP contribution < -0.4 is 0 Å². The number of aliphatic hydroxyl groups excluding tert-OH is 1. The molecule has 19 heteroatoms. The molecule has 0 saturated carbocycles. The van der Waals surface area contributed by atoms with Gasteiger partial charge in [0, 0.05) is 19.3 Å². The highest BCUT2D eigenvalue weighted by Gasteiger charge is 2.30. The summed E-state index contributed by atoms with van der Waals surface area (Å²) in [5, 5.41) is 10.7. The van der Waals surface area contributed by atoms with Gasteiger partial charge in [0.05, 0.1) is 32.8 Å². The zero-order chi connectivity index (χ0) is 78.9. The van der Waals surface area contributed by atoms with Crippen LogP contribution >= 0.6 is 15.6 Å². The highest BCUT2D eigenvalue weighted by atomic mass is 31.2. The van der Waals surface area contributed by atoms with E-state index in [1.54, 1.807) is 12.2 Å². The molecule has 0 amide bonds. The van der Waals surface area contributed by atoms with Gasteiger partial charge in [0.15, 0.2) is 12.2 Å². The van der Waals surface area contributed by atoms with Crippen LogP contribution in [0.1, 0.15) is 297 Å². The van der Waals surface area contributed by atoms with Crippen LogP contribution in [0.25, 0.3) is 0 Å². The van der Waals surface area contributed by atoms with E-state index in [2.05, 4.69) is 186 Å². The molecule has 108 heavy (non-hydrogen) atoms. The van der Waals surface area contributed by atoms with Crippen molar-refractivity contribution in [2.75, 3.05) is 39.6 Å². The molecule has 5 atom stereocenters. The molecule has 0 fully saturated rings. The van der Waals surface area contributed by atoms with E-state index in [1.165, 1.54) is 19.3 Å². The minimum atomic E-state index is -5.02. The molecule has 0 aromatic heterocycles. The van der Waals surface area contributed by atoms with Gasteiger partial charge in [-0.25, -0.2) is 9.13 Å². The number of hydrogen-bond acceptors (Lipinski definition) is 15. The Balaban J connectivity index is 5.47. The third kappa shape index (κ3) is 78.3. The summed E-state index contributed by atoms with van der Waals surface area (Å²) < 4.78 is 68.5. The Morgan fingerprint density at radius 2 is 0.519 bits per heavy atom. The Bertz CT molecular complexity index is 2760. The number of ether oxygens (including phenoxy) is 4. The lowest BCUT2D eigenvalue weighted by Gasteiger charge is -2.21. The number of hydrogen-bond donors (Lipinski definition) is 3. The Morgan fingerprint density at radius 3 is 0.824 bits per heavy atom. The zero-order valence-corrected chi connectivity index (χ0v) is 68.7. The molecule has 0 aliphatic rings. The number of aliphatic hydroxyl groups is 1. The number of allylic oxidation sites excluding steroid dienone is 29. The molecule has 0 aromatic carbocycles. The normalized spacial score (nSPS) is 14.8. The Labute approximate surface area is 654 Å². The molecule has 0 aliphatic carbocycles. The second-order valence-corrected chi connectivity index (χ2v) is 29.5. The summed E-state index contributed by atoms with van der Waals surface area (Å²) in [4.78, 5) is 73.1. The van der Waals surface area contributed by atoms with Gasteiger partial charge in [0.25, 0.3) is 0 Å². The van der Waals surface area contributed by atoms with Gasteiger partial charge in [-0.2, -0.15) is 0 Å². The molecule has 0 spiro atoms. The van der Waals surface area contributed by atoms with Crippen LogP contribution in [0.15, 0.2) is 182 Å². The lowest BCUT2D eigenvalue weighted by atomic mass is 10.1. The SMILES string of the molecule is CC/C=C\C/C=C\C/C=C\C/C=C\C/C=C\CC(=O)OC(COC(=O)CCCCCCCC/C=C\C/C=C\C/C=C\C/C=C\CC)COP(=O)(O)OCC(O)COP(=O)(O)OCC(COC(=O)CCCCCCCC/C=C\C/C=C\C/C=C\C/C=C\CC)OC(=O)CCCCCCC/C=C\C/C=C\CCCCC. The lowest BCUT2D eigenvalue weighted by molar-refractivity contribution is -0.161. The fourth-order valence-corrected chi connectivity index (χ4v) is 11.8. The summed E-state index contributed by atoms with van der Waals surface area (Å²) >= 11 is 0. The highest BCUT2D eigenvalue weighted by Crippen LogP contribution is 2.45. The van der Waals surface area contributed by atoms with Crippen LogP contribution in [-0.2, 0) is 65.4 Å². The van der Waals surface area contributed by atoms with Gasteiger partial charge in [-0.05, 0) is 161 Å². The van der Waals surface area contributed by atoms with E-state index in [0.717, 1.165) is 199 Å². The topological polar surface area (TPSA) is 237 Å². The first kappa shape index (κ1) is 102. The lowest BCUT2D eigenvalue weighted by Crippen LogP contribution is -2.30. The van der Waals surface area contributed by atoms with Crippen molar-refractivity contribution in [3.63, 3.8) is 0 Å². The van der Waals surface area contributed by atoms with E-state index in [9.17, 15) is 43.2 Å². The number of carbonyl (C=O) groups excluding carboxylic acids is 4. The maximum Gasteiger partial charge on any atom is 0.472 e. The predicted molar refractivity (Wildman–Crippen MR) is 445 cm³/mol. The van der Waals surface area contributed by atoms with Gasteiger partial charge in [-0.15, -0.1) is 0 Å². The van der Waals surface area contributed by atoms with Gasteiger partial charge in [-0.3, -0.25) is 37.3 Å². The number of rotatable bonds is 75. The first-order valence-corrected chi connectivity index (χ1v) is 44.0. The fraction of sp³-hybridized carbons (Fsp3) is 0.618. The standard InChI is InChI=1S/C89H144O17P2/c1-5-9-13-17-21-25-29-33-37-39-41-43-47-49-53-57-61-65-69-73-86(91)99-79-84(105-88(93)75-71-67-63-59-55-51-45-35-31-27-23-19-15-11-7-3)81-103-107(95,96)101-77-83(90)78-102-108(97,98)104-82-85(106-89(94)76-72-68-64-60-56-52-46-36-32-28-24-20-16-12-8-4)80-100-87(92)74-70-66-62-58-54-50-48-44-42-40-38-34-30-26-22-18-14-10-6-2/h9-11,13-15,21-28,33-38,41-46,55,59,67,71,83-85,90H,5-8,12,16-20,29-32,39-40,47-54,56-58,60-66,68-70,72-82H2,1-4H3,(H,95,96)(H,97,98)/b13-9-,14-10-,15-11-,25-21-,26-22-,27-23-,28-24-,37-33-,38-34-,43-41-,44-42-,45-35-,46-36-,59-55-,71-67-. The van der Waals surface area contributed by atoms with Crippen LogP contribution in [0.5, 0.6) is 0 Å². The third-order valence-corrected chi connectivity index (χ3v) is 18.3. The summed E-state index contributed by atoms with van der Waals surface area (Å²) in [6.07, 6.45) is 96.1. The first-order chi connectivity index (χ1) is 52.7. The van der Waals surface area contributed by atoms with Crippen LogP contribution in [0, 0.1) is 0 Å². The molecule has 5 unspecified atom stereocenters. The molecule has 3 N–H and O–H groups in total. The maximum absolute atomic E-state index is 13.1. The van der Waals surface area contributed by atoms with Crippen molar-refractivity contribution in [2.45, 2.75) is 316 Å². The molecule has 612 valence electrons. The Hall–Kier alpha value is -5.84. The van der Waals surface area contributed by atoms with Gasteiger partial charge >= 0.3 is 39.5 Å². The van der Waals surface area contributed by atoms with E-state index in [4.69, 9.17) is 37.0 Å². The summed E-state index contributed by atoms with van der Waals surface area (Å²) in [6.45, 7) is 4.34. The van der Waals surface area contributed by atoms with Crippen molar-refractivity contribution < 1.29 is 80.2 Å². The average molecular weight is 1550 g/mol. The number of esters is 4. The molecule has 0 rings (SSSR count). The van der Waals surface area contributed by atoms with Gasteiger partial charge < -0.3 is 33.8 Å². The molecule has 0 heterocycles. The number of phosphoric acid groups is 2. The average Bonchev–Trinajstić information content (AvgIpc) is 0.907. The molecule has 0 radical (unpaired) electrons. The minimum Gasteiger partial charge on any atom is -0.462 e. The number of unbranched alkanes of at least 4 members (excludes halogenated alkanes) is 20. The van der Waals surface area contributed by atoms with Crippen LogP contribution in [-0.4, -0.2) is 96.7 Å². The Kier molecular flexibility index (Phi) is 75.0. The predicted octanol–water partition coefficient (Wildman–Crippen LogP) is 24.3. The summed E-state index contributed by atoms with van der Waals surface area (Å²) in [7, 11) is -10.0. The molecule has 0 aliphatic heterocycles. The molecular weight excluding hydrogens is 1400 g/mol. The summed E-state index contributed by atoms with van der Waals surface area (Å²) in [5.41, 5.74) is 0. The number of phosphoric ester groups is 2. The second kappa shape index (κ2) is 79.3. The fourth-order valence-electron chi connectivity index (χ4n) is 10.2. The van der Waals surface area contributed by atoms with Gasteiger partial charge in [0.2, 0.25) is 0 Å². The van der Waals surface area contributed by atoms with Crippen molar-refractivity contribution in [2.24, 2.45) is 0 Å². The van der Waals surface area contributed by atoms with Crippen molar-refractivity contribution in [3.8, 4) is 0 Å².